The zero-order valence-corrected chi connectivity index (χ0v) is 11.8. The maximum atomic E-state index is 12.1. The molecule has 0 amide bonds. The Balaban J connectivity index is 0.00000162. The predicted molar refractivity (Wildman–Crippen MR) is 74.8 cm³/mol. The predicted octanol–water partition coefficient (Wildman–Crippen LogP) is 2.70. The van der Waals surface area contributed by atoms with Crippen molar-refractivity contribution in [1.82, 2.24) is 0 Å². The number of nitrogens with two attached hydrogens (primary N) is 1. The minimum absolute atomic E-state index is 0. The van der Waals surface area contributed by atoms with E-state index in [0.717, 1.165) is 5.56 Å². The van der Waals surface area contributed by atoms with E-state index in [1.165, 1.54) is 0 Å². The van der Waals surface area contributed by atoms with Crippen molar-refractivity contribution in [2.75, 3.05) is 6.61 Å². The smallest absolute Gasteiger partial charge is 0.183 e. The van der Waals surface area contributed by atoms with Crippen molar-refractivity contribution in [2.24, 2.45) is 5.73 Å². The van der Waals surface area contributed by atoms with Gasteiger partial charge in [0.1, 0.15) is 5.75 Å². The average molecular weight is 270 g/mol. The van der Waals surface area contributed by atoms with E-state index in [1.54, 1.807) is 0 Å². The van der Waals surface area contributed by atoms with Gasteiger partial charge in [0.25, 0.3) is 0 Å². The van der Waals surface area contributed by atoms with Crippen LogP contribution in [0.2, 0.25) is 0 Å². The molecule has 4 heteroatoms. The minimum Gasteiger partial charge on any atom is -0.493 e. The van der Waals surface area contributed by atoms with Gasteiger partial charge in [0.2, 0.25) is 0 Å². The molecule has 1 aromatic carbocycles. The molecule has 0 aliphatic carbocycles. The lowest BCUT2D eigenvalue weighted by atomic mass is 9.85. The first-order chi connectivity index (χ1) is 7.89. The Labute approximate surface area is 114 Å². The second kappa shape index (κ2) is 5.29. The summed E-state index contributed by atoms with van der Waals surface area (Å²) >= 11 is 0. The second-order valence-electron chi connectivity index (χ2n) is 5.57. The Morgan fingerprint density at radius 1 is 1.33 bits per heavy atom. The quantitative estimate of drug-likeness (QED) is 0.788. The summed E-state index contributed by atoms with van der Waals surface area (Å²) in [6, 6.07) is 5.38. The fourth-order valence-electron chi connectivity index (χ4n) is 1.94. The number of carbonyl (C=O) groups excluding carboxylic acids is 1. The van der Waals surface area contributed by atoms with Gasteiger partial charge >= 0.3 is 0 Å². The highest BCUT2D eigenvalue weighted by atomic mass is 35.5. The summed E-state index contributed by atoms with van der Waals surface area (Å²) in [5.41, 5.74) is 7.60. The maximum absolute atomic E-state index is 12.1. The molecule has 0 bridgehead atoms. The van der Waals surface area contributed by atoms with Crippen LogP contribution in [0.15, 0.2) is 18.2 Å². The Hall–Kier alpha value is -1.06. The molecule has 1 aliphatic rings. The van der Waals surface area contributed by atoms with E-state index in [9.17, 15) is 4.79 Å². The number of benzene rings is 1. The normalized spacial score (nSPS) is 19.3. The molecule has 1 atom stereocenters. The third-order valence-electron chi connectivity index (χ3n) is 3.13. The van der Waals surface area contributed by atoms with E-state index in [-0.39, 0.29) is 23.6 Å². The van der Waals surface area contributed by atoms with E-state index >= 15 is 0 Å². The van der Waals surface area contributed by atoms with Crippen molar-refractivity contribution < 1.29 is 9.53 Å². The Morgan fingerprint density at radius 3 is 2.61 bits per heavy atom. The van der Waals surface area contributed by atoms with Crippen LogP contribution in [-0.4, -0.2) is 18.4 Å². The lowest BCUT2D eigenvalue weighted by Crippen LogP contribution is -2.30. The number of Topliss-reactive ketones (excluding diaryl/α,β-unsaturated/α-hetero) is 1. The number of fused-ring (bicyclic) bond motifs is 1. The third kappa shape index (κ3) is 2.85. The fraction of sp³-hybridized carbons (Fsp3) is 0.500. The van der Waals surface area contributed by atoms with Gasteiger partial charge in [-0.1, -0.05) is 26.8 Å². The average Bonchev–Trinajstić information content (AvgIpc) is 2.39. The molecule has 100 valence electrons. The summed E-state index contributed by atoms with van der Waals surface area (Å²) in [7, 11) is 0. The molecule has 0 fully saturated rings. The van der Waals surface area contributed by atoms with Crippen LogP contribution in [0.3, 0.4) is 0 Å². The van der Waals surface area contributed by atoms with Gasteiger partial charge in [0.15, 0.2) is 5.78 Å². The molecule has 0 aromatic heterocycles. The molecule has 2 rings (SSSR count). The van der Waals surface area contributed by atoms with E-state index in [4.69, 9.17) is 10.5 Å². The number of carbonyl (C=O) groups is 1. The van der Waals surface area contributed by atoms with Gasteiger partial charge in [0, 0.05) is 6.42 Å². The Kier molecular flexibility index (Phi) is 4.41. The summed E-state index contributed by atoms with van der Waals surface area (Å²) in [5, 5.41) is 0. The van der Waals surface area contributed by atoms with Gasteiger partial charge in [-0.15, -0.1) is 12.4 Å². The van der Waals surface area contributed by atoms with Gasteiger partial charge in [-0.25, -0.2) is 0 Å². The first kappa shape index (κ1) is 15.0. The maximum Gasteiger partial charge on any atom is 0.183 e. The van der Waals surface area contributed by atoms with Crippen LogP contribution in [-0.2, 0) is 5.41 Å². The summed E-state index contributed by atoms with van der Waals surface area (Å²) in [4.78, 5) is 12.1. The van der Waals surface area contributed by atoms with Crippen molar-refractivity contribution in [3.8, 4) is 5.75 Å². The zero-order valence-electron chi connectivity index (χ0n) is 11.0. The zero-order chi connectivity index (χ0) is 12.6. The molecule has 0 radical (unpaired) electrons. The molecule has 0 spiro atoms. The molecule has 3 nitrogen and oxygen atoms in total. The SMILES string of the molecule is CC(C)(C)c1ccc2c(c1)C(=O)C(N)CCO2.Cl. The molecule has 1 aliphatic heterocycles. The monoisotopic (exact) mass is 269 g/mol. The summed E-state index contributed by atoms with van der Waals surface area (Å²) in [6.07, 6.45) is 0.582. The first-order valence-corrected chi connectivity index (χ1v) is 5.97. The van der Waals surface area contributed by atoms with Crippen molar-refractivity contribution in [1.29, 1.82) is 0 Å². The topological polar surface area (TPSA) is 52.3 Å². The summed E-state index contributed by atoms with van der Waals surface area (Å²) < 4.78 is 5.56. The Bertz CT molecular complexity index is 452. The molecule has 2 N–H and O–H groups in total. The van der Waals surface area contributed by atoms with Gasteiger partial charge < -0.3 is 10.5 Å². The molecule has 1 heterocycles. The highest BCUT2D eigenvalue weighted by molar-refractivity contribution is 6.02. The van der Waals surface area contributed by atoms with Crippen molar-refractivity contribution in [3.63, 3.8) is 0 Å². The van der Waals surface area contributed by atoms with E-state index in [0.29, 0.717) is 24.3 Å². The van der Waals surface area contributed by atoms with Crippen molar-refractivity contribution in [2.45, 2.75) is 38.6 Å². The molecule has 0 saturated carbocycles. The van der Waals surface area contributed by atoms with E-state index in [1.807, 2.05) is 18.2 Å². The van der Waals surface area contributed by atoms with Crippen molar-refractivity contribution >= 4 is 18.2 Å². The van der Waals surface area contributed by atoms with Crippen LogP contribution in [0.1, 0.15) is 43.1 Å². The van der Waals surface area contributed by atoms with Gasteiger partial charge in [-0.2, -0.15) is 0 Å². The van der Waals surface area contributed by atoms with Crippen LogP contribution in [0.5, 0.6) is 5.75 Å². The number of hydrogen-bond donors (Lipinski definition) is 1. The molecule has 0 saturated heterocycles. The lowest BCUT2D eigenvalue weighted by Gasteiger charge is -2.20. The van der Waals surface area contributed by atoms with Crippen LogP contribution in [0, 0.1) is 0 Å². The van der Waals surface area contributed by atoms with Gasteiger partial charge in [0.05, 0.1) is 18.2 Å². The number of rotatable bonds is 0. The number of hydrogen-bond acceptors (Lipinski definition) is 3. The van der Waals surface area contributed by atoms with Crippen molar-refractivity contribution in [3.05, 3.63) is 29.3 Å². The van der Waals surface area contributed by atoms with Crippen LogP contribution in [0.4, 0.5) is 0 Å². The van der Waals surface area contributed by atoms with Gasteiger partial charge in [-0.05, 0) is 23.1 Å². The van der Waals surface area contributed by atoms with E-state index < -0.39 is 6.04 Å². The lowest BCUT2D eigenvalue weighted by molar-refractivity contribution is 0.0960. The summed E-state index contributed by atoms with van der Waals surface area (Å²) in [6.45, 7) is 6.87. The molecule has 1 unspecified atom stereocenters. The van der Waals surface area contributed by atoms with E-state index in [2.05, 4.69) is 20.8 Å². The van der Waals surface area contributed by atoms with Gasteiger partial charge in [-0.3, -0.25) is 4.79 Å². The molecule has 18 heavy (non-hydrogen) atoms. The summed E-state index contributed by atoms with van der Waals surface area (Å²) in [5.74, 6) is 0.652. The minimum atomic E-state index is -0.438. The first-order valence-electron chi connectivity index (χ1n) is 5.97. The number of ketones is 1. The van der Waals surface area contributed by atoms with Crippen LogP contribution in [0.25, 0.3) is 0 Å². The molecular formula is C14H20ClNO2. The molecule has 1 aromatic rings. The Morgan fingerprint density at radius 2 is 2.00 bits per heavy atom. The fourth-order valence-corrected chi connectivity index (χ4v) is 1.94. The highest BCUT2D eigenvalue weighted by Gasteiger charge is 2.25. The third-order valence-corrected chi connectivity index (χ3v) is 3.13. The van der Waals surface area contributed by atoms with Crippen LogP contribution >= 0.6 is 12.4 Å². The number of ether oxygens (including phenoxy) is 1. The van der Waals surface area contributed by atoms with Crippen LogP contribution < -0.4 is 10.5 Å². The largest absolute Gasteiger partial charge is 0.493 e. The highest BCUT2D eigenvalue weighted by Crippen LogP contribution is 2.30. The number of halogens is 1. The second-order valence-corrected chi connectivity index (χ2v) is 5.57. The standard InChI is InChI=1S/C14H19NO2.ClH/c1-14(2,3)9-4-5-12-10(8-9)13(16)11(15)6-7-17-12;/h4-5,8,11H,6-7,15H2,1-3H3;1H. The molecular weight excluding hydrogens is 250 g/mol.